The lowest BCUT2D eigenvalue weighted by Gasteiger charge is -2.31. The summed E-state index contributed by atoms with van der Waals surface area (Å²) in [6, 6.07) is 3.70. The molecule has 0 radical (unpaired) electrons. The number of pyridine rings is 1. The Morgan fingerprint density at radius 1 is 1.39 bits per heavy atom. The summed E-state index contributed by atoms with van der Waals surface area (Å²) in [5.74, 6) is -0.159. The standard InChI is InChI=1S/C16H25N3O3S/c1-2-3-11-23(21,22)19-10-4-5-15(13-19)16(20)18-12-14-6-8-17-9-7-14/h6-9,15H,2-5,10-13H2,1H3,(H,18,20)/t15-/m0/s1. The Hall–Kier alpha value is -1.47. The molecule has 7 heteroatoms. The normalized spacial score (nSPS) is 19.4. The SMILES string of the molecule is CCCCS(=O)(=O)N1CCC[C@H](C(=O)NCc2ccncc2)C1. The lowest BCUT2D eigenvalue weighted by molar-refractivity contribution is -0.126. The molecule has 23 heavy (non-hydrogen) atoms. The third kappa shape index (κ3) is 5.28. The minimum absolute atomic E-state index is 0.0720. The molecular weight excluding hydrogens is 314 g/mol. The van der Waals surface area contributed by atoms with E-state index in [4.69, 9.17) is 0 Å². The summed E-state index contributed by atoms with van der Waals surface area (Å²) >= 11 is 0. The van der Waals surface area contributed by atoms with Crippen LogP contribution in [0.1, 0.15) is 38.2 Å². The number of rotatable bonds is 7. The van der Waals surface area contributed by atoms with Crippen LogP contribution in [0.2, 0.25) is 0 Å². The maximum absolute atomic E-state index is 12.3. The van der Waals surface area contributed by atoms with E-state index in [1.165, 1.54) is 4.31 Å². The van der Waals surface area contributed by atoms with Crippen molar-refractivity contribution in [1.82, 2.24) is 14.6 Å². The largest absolute Gasteiger partial charge is 0.352 e. The first-order chi connectivity index (χ1) is 11.0. The van der Waals surface area contributed by atoms with E-state index in [1.807, 2.05) is 19.1 Å². The van der Waals surface area contributed by atoms with Crippen molar-refractivity contribution in [2.24, 2.45) is 5.92 Å². The van der Waals surface area contributed by atoms with Gasteiger partial charge in [-0.25, -0.2) is 12.7 Å². The molecule has 1 N–H and O–H groups in total. The maximum atomic E-state index is 12.3. The van der Waals surface area contributed by atoms with E-state index >= 15 is 0 Å². The number of nitrogens with zero attached hydrogens (tertiary/aromatic N) is 2. The molecule has 0 aliphatic carbocycles. The van der Waals surface area contributed by atoms with Crippen LogP contribution in [0.3, 0.4) is 0 Å². The van der Waals surface area contributed by atoms with E-state index in [9.17, 15) is 13.2 Å². The van der Waals surface area contributed by atoms with Crippen molar-refractivity contribution in [3.63, 3.8) is 0 Å². The minimum atomic E-state index is -3.23. The zero-order chi connectivity index (χ0) is 16.7. The highest BCUT2D eigenvalue weighted by Gasteiger charge is 2.31. The van der Waals surface area contributed by atoms with Crippen molar-refractivity contribution in [3.8, 4) is 0 Å². The zero-order valence-electron chi connectivity index (χ0n) is 13.6. The molecule has 1 saturated heterocycles. The predicted molar refractivity (Wildman–Crippen MR) is 89.1 cm³/mol. The summed E-state index contributed by atoms with van der Waals surface area (Å²) in [5.41, 5.74) is 0.983. The van der Waals surface area contributed by atoms with Gasteiger partial charge in [-0.1, -0.05) is 13.3 Å². The highest BCUT2D eigenvalue weighted by molar-refractivity contribution is 7.89. The Labute approximate surface area is 138 Å². The molecule has 6 nitrogen and oxygen atoms in total. The van der Waals surface area contributed by atoms with Gasteiger partial charge < -0.3 is 5.32 Å². The molecule has 0 saturated carbocycles. The summed E-state index contributed by atoms with van der Waals surface area (Å²) in [4.78, 5) is 16.2. The Morgan fingerprint density at radius 2 is 2.13 bits per heavy atom. The number of hydrogen-bond acceptors (Lipinski definition) is 4. The van der Waals surface area contributed by atoms with Gasteiger partial charge in [-0.15, -0.1) is 0 Å². The van der Waals surface area contributed by atoms with Crippen molar-refractivity contribution in [1.29, 1.82) is 0 Å². The molecule has 0 bridgehead atoms. The van der Waals surface area contributed by atoms with Gasteiger partial charge in [0.2, 0.25) is 15.9 Å². The van der Waals surface area contributed by atoms with Gasteiger partial charge in [-0.05, 0) is 37.0 Å². The Morgan fingerprint density at radius 3 is 2.83 bits per heavy atom. The number of sulfonamides is 1. The Bertz CT molecular complexity index is 604. The maximum Gasteiger partial charge on any atom is 0.224 e. The van der Waals surface area contributed by atoms with Crippen LogP contribution in [-0.4, -0.2) is 42.5 Å². The molecule has 1 amide bonds. The lowest BCUT2D eigenvalue weighted by Crippen LogP contribution is -2.45. The van der Waals surface area contributed by atoms with Crippen molar-refractivity contribution >= 4 is 15.9 Å². The number of carbonyl (C=O) groups is 1. The van der Waals surface area contributed by atoms with Crippen LogP contribution in [-0.2, 0) is 21.4 Å². The Kier molecular flexibility index (Phi) is 6.53. The fourth-order valence-electron chi connectivity index (χ4n) is 2.70. The fraction of sp³-hybridized carbons (Fsp3) is 0.625. The zero-order valence-corrected chi connectivity index (χ0v) is 14.4. The number of nitrogens with one attached hydrogen (secondary N) is 1. The van der Waals surface area contributed by atoms with E-state index in [1.54, 1.807) is 12.4 Å². The molecule has 1 atom stereocenters. The van der Waals surface area contributed by atoms with Gasteiger partial charge in [0.15, 0.2) is 0 Å². The number of hydrogen-bond donors (Lipinski definition) is 1. The third-order valence-electron chi connectivity index (χ3n) is 4.12. The second kappa shape index (κ2) is 8.40. The van der Waals surface area contributed by atoms with E-state index in [-0.39, 0.29) is 17.6 Å². The topological polar surface area (TPSA) is 79.4 Å². The fourth-order valence-corrected chi connectivity index (χ4v) is 4.43. The van der Waals surface area contributed by atoms with Crippen LogP contribution in [0.5, 0.6) is 0 Å². The summed E-state index contributed by atoms with van der Waals surface area (Å²) in [7, 11) is -3.23. The van der Waals surface area contributed by atoms with Gasteiger partial charge >= 0.3 is 0 Å². The van der Waals surface area contributed by atoms with Crippen LogP contribution in [0.4, 0.5) is 0 Å². The second-order valence-electron chi connectivity index (χ2n) is 5.94. The molecule has 2 heterocycles. The number of carbonyl (C=O) groups excluding carboxylic acids is 1. The monoisotopic (exact) mass is 339 g/mol. The molecule has 0 unspecified atom stereocenters. The first kappa shape index (κ1) is 17.9. The molecule has 1 aromatic rings. The summed E-state index contributed by atoms with van der Waals surface area (Å²) in [6.07, 6.45) is 6.36. The number of aromatic nitrogens is 1. The molecule has 1 aliphatic rings. The van der Waals surface area contributed by atoms with Crippen LogP contribution in [0.15, 0.2) is 24.5 Å². The molecule has 0 spiro atoms. The first-order valence-electron chi connectivity index (χ1n) is 8.17. The molecule has 1 aliphatic heterocycles. The van der Waals surface area contributed by atoms with Crippen molar-refractivity contribution in [2.75, 3.05) is 18.8 Å². The third-order valence-corrected chi connectivity index (χ3v) is 6.04. The average molecular weight is 339 g/mol. The van der Waals surface area contributed by atoms with Crippen LogP contribution in [0.25, 0.3) is 0 Å². The number of unbranched alkanes of at least 4 members (excludes halogenated alkanes) is 1. The van der Waals surface area contributed by atoms with Crippen LogP contribution >= 0.6 is 0 Å². The molecule has 1 fully saturated rings. The average Bonchev–Trinajstić information content (AvgIpc) is 2.59. The molecule has 0 aromatic carbocycles. The second-order valence-corrected chi connectivity index (χ2v) is 8.03. The van der Waals surface area contributed by atoms with Gasteiger partial charge in [-0.2, -0.15) is 0 Å². The lowest BCUT2D eigenvalue weighted by atomic mass is 9.99. The quantitative estimate of drug-likeness (QED) is 0.817. The van der Waals surface area contributed by atoms with Gasteiger partial charge in [0.1, 0.15) is 0 Å². The van der Waals surface area contributed by atoms with Crippen molar-refractivity contribution in [3.05, 3.63) is 30.1 Å². The summed E-state index contributed by atoms with van der Waals surface area (Å²) in [5, 5.41) is 2.90. The molecule has 2 rings (SSSR count). The molecular formula is C16H25N3O3S. The summed E-state index contributed by atoms with van der Waals surface area (Å²) < 4.78 is 26.0. The number of amides is 1. The van der Waals surface area contributed by atoms with E-state index in [0.29, 0.717) is 26.1 Å². The minimum Gasteiger partial charge on any atom is -0.352 e. The highest BCUT2D eigenvalue weighted by Crippen LogP contribution is 2.20. The van der Waals surface area contributed by atoms with Crippen LogP contribution < -0.4 is 5.32 Å². The smallest absolute Gasteiger partial charge is 0.224 e. The van der Waals surface area contributed by atoms with Crippen molar-refractivity contribution < 1.29 is 13.2 Å². The van der Waals surface area contributed by atoms with Crippen molar-refractivity contribution in [2.45, 2.75) is 39.2 Å². The van der Waals surface area contributed by atoms with Gasteiger partial charge in [0.05, 0.1) is 11.7 Å². The highest BCUT2D eigenvalue weighted by atomic mass is 32.2. The Balaban J connectivity index is 1.88. The first-order valence-corrected chi connectivity index (χ1v) is 9.78. The summed E-state index contributed by atoms with van der Waals surface area (Å²) in [6.45, 7) is 3.25. The van der Waals surface area contributed by atoms with E-state index in [2.05, 4.69) is 10.3 Å². The molecule has 128 valence electrons. The van der Waals surface area contributed by atoms with Crippen LogP contribution in [0, 0.1) is 5.92 Å². The van der Waals surface area contributed by atoms with Gasteiger partial charge in [0.25, 0.3) is 0 Å². The number of piperidine rings is 1. The predicted octanol–water partition coefficient (Wildman–Crippen LogP) is 1.54. The van der Waals surface area contributed by atoms with Gasteiger partial charge in [-0.3, -0.25) is 9.78 Å². The van der Waals surface area contributed by atoms with E-state index < -0.39 is 10.0 Å². The van der Waals surface area contributed by atoms with Gasteiger partial charge in [0, 0.05) is 32.0 Å². The van der Waals surface area contributed by atoms with E-state index in [0.717, 1.165) is 24.8 Å². The molecule has 1 aromatic heterocycles.